The van der Waals surface area contributed by atoms with Gasteiger partial charge in [0.05, 0.1) is 5.92 Å². The molecule has 0 saturated heterocycles. The summed E-state index contributed by atoms with van der Waals surface area (Å²) in [7, 11) is 0. The molecule has 4 aromatic rings. The summed E-state index contributed by atoms with van der Waals surface area (Å²) in [6.45, 7) is 7.69. The summed E-state index contributed by atoms with van der Waals surface area (Å²) in [4.78, 5) is 0. The maximum absolute atomic E-state index is 9.78. The van der Waals surface area contributed by atoms with Crippen LogP contribution in [0.5, 0.6) is 11.5 Å². The predicted octanol–water partition coefficient (Wildman–Crippen LogP) is 8.20. The van der Waals surface area contributed by atoms with Crippen molar-refractivity contribution >= 4 is 18.2 Å². The standard InChI is InChI=1S/C33H28O2/c1-3-23-8-10-25(11-9-23)6-5-7-26-14-21-31-30(22-26)32(27-15-12-24(4-2)13-16-27)33(35-31)28-17-19-29(34)20-18-28/h3-6,8-22,32-34H,1-2,7H2/b6-5+/t32-,33+/m0/s1. The zero-order chi connectivity index (χ0) is 24.2. The Morgan fingerprint density at radius 3 is 1.97 bits per heavy atom. The van der Waals surface area contributed by atoms with Crippen LogP contribution < -0.4 is 4.74 Å². The molecule has 0 amide bonds. The van der Waals surface area contributed by atoms with Crippen LogP contribution in [-0.4, -0.2) is 5.11 Å². The monoisotopic (exact) mass is 456 g/mol. The number of benzene rings is 4. The lowest BCUT2D eigenvalue weighted by Crippen LogP contribution is -2.11. The van der Waals surface area contributed by atoms with Crippen LogP contribution in [0.3, 0.4) is 0 Å². The average molecular weight is 457 g/mol. The number of aromatic hydroxyl groups is 1. The summed E-state index contributed by atoms with van der Waals surface area (Å²) < 4.78 is 6.48. The predicted molar refractivity (Wildman–Crippen MR) is 146 cm³/mol. The maximum atomic E-state index is 9.78. The lowest BCUT2D eigenvalue weighted by Gasteiger charge is -2.20. The van der Waals surface area contributed by atoms with Crippen molar-refractivity contribution in [2.24, 2.45) is 0 Å². The Hall–Kier alpha value is -4.30. The SMILES string of the molecule is C=Cc1ccc(/C=C/Cc2ccc3c(c2)[C@H](c2ccc(C=C)cc2)[C@@H](c2ccc(O)cc2)O3)cc1. The van der Waals surface area contributed by atoms with E-state index >= 15 is 0 Å². The third-order valence-corrected chi connectivity index (χ3v) is 6.55. The Labute approximate surface area is 207 Å². The summed E-state index contributed by atoms with van der Waals surface area (Å²) >= 11 is 0. The fraction of sp³-hybridized carbons (Fsp3) is 0.0909. The first-order valence-electron chi connectivity index (χ1n) is 11.8. The van der Waals surface area contributed by atoms with Crippen molar-refractivity contribution < 1.29 is 9.84 Å². The second kappa shape index (κ2) is 9.90. The second-order valence-corrected chi connectivity index (χ2v) is 8.83. The third kappa shape index (κ3) is 4.83. The molecule has 1 aliphatic heterocycles. The van der Waals surface area contributed by atoms with Gasteiger partial charge < -0.3 is 9.84 Å². The third-order valence-electron chi connectivity index (χ3n) is 6.55. The first-order valence-corrected chi connectivity index (χ1v) is 11.8. The lowest BCUT2D eigenvalue weighted by atomic mass is 9.84. The highest BCUT2D eigenvalue weighted by molar-refractivity contribution is 5.56. The Bertz CT molecular complexity index is 1360. The fourth-order valence-corrected chi connectivity index (χ4v) is 4.64. The topological polar surface area (TPSA) is 29.5 Å². The number of hydrogen-bond acceptors (Lipinski definition) is 2. The van der Waals surface area contributed by atoms with Gasteiger partial charge in [0.15, 0.2) is 0 Å². The van der Waals surface area contributed by atoms with Crippen molar-refractivity contribution in [2.45, 2.75) is 18.4 Å². The van der Waals surface area contributed by atoms with Gasteiger partial charge in [-0.1, -0.05) is 110 Å². The molecule has 2 atom stereocenters. The Morgan fingerprint density at radius 1 is 0.714 bits per heavy atom. The van der Waals surface area contributed by atoms with Crippen LogP contribution in [0.25, 0.3) is 18.2 Å². The van der Waals surface area contributed by atoms with Crippen LogP contribution >= 0.6 is 0 Å². The van der Waals surface area contributed by atoms with E-state index in [0.717, 1.165) is 28.9 Å². The number of ether oxygens (including phenoxy) is 1. The molecule has 5 rings (SSSR count). The molecule has 0 unspecified atom stereocenters. The zero-order valence-electron chi connectivity index (χ0n) is 19.6. The van der Waals surface area contributed by atoms with Crippen LogP contribution in [0, 0.1) is 0 Å². The first kappa shape index (κ1) is 22.5. The highest BCUT2D eigenvalue weighted by Crippen LogP contribution is 2.50. The Kier molecular flexibility index (Phi) is 6.36. The van der Waals surface area contributed by atoms with Crippen molar-refractivity contribution in [3.63, 3.8) is 0 Å². The van der Waals surface area contributed by atoms with E-state index in [-0.39, 0.29) is 17.8 Å². The van der Waals surface area contributed by atoms with E-state index in [2.05, 4.69) is 92.0 Å². The normalized spacial score (nSPS) is 16.6. The van der Waals surface area contributed by atoms with Gasteiger partial charge in [0.2, 0.25) is 0 Å². The van der Waals surface area contributed by atoms with Crippen LogP contribution in [0.4, 0.5) is 0 Å². The molecule has 0 spiro atoms. The second-order valence-electron chi connectivity index (χ2n) is 8.83. The van der Waals surface area contributed by atoms with Gasteiger partial charge in [-0.25, -0.2) is 0 Å². The summed E-state index contributed by atoms with van der Waals surface area (Å²) in [5, 5.41) is 9.78. The summed E-state index contributed by atoms with van der Waals surface area (Å²) in [6.07, 6.45) is 8.74. The molecule has 172 valence electrons. The summed E-state index contributed by atoms with van der Waals surface area (Å²) in [5.74, 6) is 1.22. The minimum Gasteiger partial charge on any atom is -0.508 e. The van der Waals surface area contributed by atoms with Crippen LogP contribution in [-0.2, 0) is 6.42 Å². The lowest BCUT2D eigenvalue weighted by molar-refractivity contribution is 0.222. The van der Waals surface area contributed by atoms with Crippen molar-refractivity contribution in [1.29, 1.82) is 0 Å². The quantitative estimate of drug-likeness (QED) is 0.304. The molecule has 0 aromatic heterocycles. The highest BCUT2D eigenvalue weighted by Gasteiger charge is 2.36. The maximum Gasteiger partial charge on any atom is 0.135 e. The van der Waals surface area contributed by atoms with Gasteiger partial charge in [-0.2, -0.15) is 0 Å². The highest BCUT2D eigenvalue weighted by atomic mass is 16.5. The molecule has 0 saturated carbocycles. The largest absolute Gasteiger partial charge is 0.508 e. The van der Waals surface area contributed by atoms with E-state index in [1.165, 1.54) is 22.3 Å². The van der Waals surface area contributed by atoms with E-state index in [4.69, 9.17) is 4.74 Å². The van der Waals surface area contributed by atoms with Crippen molar-refractivity contribution in [3.8, 4) is 11.5 Å². The smallest absolute Gasteiger partial charge is 0.135 e. The van der Waals surface area contributed by atoms with Crippen molar-refractivity contribution in [3.05, 3.63) is 149 Å². The molecule has 35 heavy (non-hydrogen) atoms. The van der Waals surface area contributed by atoms with E-state index in [9.17, 15) is 5.11 Å². The zero-order valence-corrected chi connectivity index (χ0v) is 19.6. The van der Waals surface area contributed by atoms with Gasteiger partial charge in [-0.05, 0) is 58.0 Å². The summed E-state index contributed by atoms with van der Waals surface area (Å²) in [6, 6.07) is 30.7. The van der Waals surface area contributed by atoms with E-state index in [1.807, 2.05) is 24.3 Å². The molecule has 0 fully saturated rings. The number of phenols is 1. The van der Waals surface area contributed by atoms with Crippen LogP contribution in [0.1, 0.15) is 51.0 Å². The molecular formula is C33H28O2. The number of fused-ring (bicyclic) bond motifs is 1. The van der Waals surface area contributed by atoms with Crippen LogP contribution in [0.2, 0.25) is 0 Å². The molecule has 0 bridgehead atoms. The van der Waals surface area contributed by atoms with Gasteiger partial charge in [-0.3, -0.25) is 0 Å². The van der Waals surface area contributed by atoms with Gasteiger partial charge in [0.25, 0.3) is 0 Å². The molecule has 2 heteroatoms. The number of rotatable bonds is 7. The van der Waals surface area contributed by atoms with Crippen molar-refractivity contribution in [1.82, 2.24) is 0 Å². The van der Waals surface area contributed by atoms with Gasteiger partial charge in [0, 0.05) is 5.56 Å². The molecule has 4 aromatic carbocycles. The molecule has 2 nitrogen and oxygen atoms in total. The number of phenolic OH excluding ortho intramolecular Hbond substituents is 1. The van der Waals surface area contributed by atoms with E-state index in [0.29, 0.717) is 0 Å². The molecular weight excluding hydrogens is 428 g/mol. The minimum atomic E-state index is -0.158. The molecule has 0 aliphatic carbocycles. The molecule has 1 aliphatic rings. The first-order chi connectivity index (χ1) is 17.1. The van der Waals surface area contributed by atoms with E-state index in [1.54, 1.807) is 12.1 Å². The van der Waals surface area contributed by atoms with E-state index < -0.39 is 0 Å². The van der Waals surface area contributed by atoms with Crippen molar-refractivity contribution in [2.75, 3.05) is 0 Å². The van der Waals surface area contributed by atoms with Gasteiger partial charge in [0.1, 0.15) is 17.6 Å². The summed E-state index contributed by atoms with van der Waals surface area (Å²) in [5.41, 5.74) is 8.06. The minimum absolute atomic E-state index is 0.0591. The molecule has 0 radical (unpaired) electrons. The van der Waals surface area contributed by atoms with Gasteiger partial charge in [-0.15, -0.1) is 0 Å². The Balaban J connectivity index is 1.45. The molecule has 1 heterocycles. The molecule has 1 N–H and O–H groups in total. The number of allylic oxidation sites excluding steroid dienone is 1. The fourth-order valence-electron chi connectivity index (χ4n) is 4.64. The number of hydrogen-bond donors (Lipinski definition) is 1. The van der Waals surface area contributed by atoms with Crippen LogP contribution in [0.15, 0.2) is 110 Å². The van der Waals surface area contributed by atoms with Gasteiger partial charge >= 0.3 is 0 Å². The Morgan fingerprint density at radius 2 is 1.31 bits per heavy atom. The average Bonchev–Trinajstić information content (AvgIpc) is 3.28.